The fourth-order valence-electron chi connectivity index (χ4n) is 5.03. The van der Waals surface area contributed by atoms with Gasteiger partial charge in [0, 0.05) is 50.2 Å². The minimum atomic E-state index is -4.23. The molecular weight excluding hydrogens is 528 g/mol. The van der Waals surface area contributed by atoms with Crippen LogP contribution in [0.2, 0.25) is 0 Å². The second-order valence-electron chi connectivity index (χ2n) is 10.8. The number of rotatable bonds is 9. The summed E-state index contributed by atoms with van der Waals surface area (Å²) in [4.78, 5) is 24.1. The van der Waals surface area contributed by atoms with Crippen LogP contribution in [0.5, 0.6) is 5.75 Å². The van der Waals surface area contributed by atoms with Crippen molar-refractivity contribution in [1.82, 2.24) is 20.2 Å². The van der Waals surface area contributed by atoms with Crippen molar-refractivity contribution in [3.05, 3.63) is 76.7 Å². The van der Waals surface area contributed by atoms with Crippen molar-refractivity contribution in [2.24, 2.45) is 5.14 Å². The zero-order chi connectivity index (χ0) is 28.4. The molecule has 1 aliphatic heterocycles. The van der Waals surface area contributed by atoms with Crippen LogP contribution in [0.15, 0.2) is 53.7 Å². The van der Waals surface area contributed by atoms with Crippen LogP contribution in [0.1, 0.15) is 64.5 Å². The highest BCUT2D eigenvalue weighted by Crippen LogP contribution is 2.40. The summed E-state index contributed by atoms with van der Waals surface area (Å²) in [5.74, 6) is 0.571. The van der Waals surface area contributed by atoms with Gasteiger partial charge >= 0.3 is 0 Å². The van der Waals surface area contributed by atoms with Crippen LogP contribution in [-0.2, 0) is 10.0 Å². The Morgan fingerprint density at radius 3 is 2.65 bits per heavy atom. The van der Waals surface area contributed by atoms with Crippen LogP contribution in [0.4, 0.5) is 5.82 Å². The molecule has 1 aromatic carbocycles. The maximum atomic E-state index is 13.2. The molecule has 0 unspecified atom stereocenters. The molecule has 4 N–H and O–H groups in total. The molecule has 1 saturated heterocycles. The van der Waals surface area contributed by atoms with Crippen molar-refractivity contribution in [2.75, 3.05) is 31.5 Å². The van der Waals surface area contributed by atoms with Gasteiger partial charge in [-0.2, -0.15) is 0 Å². The van der Waals surface area contributed by atoms with Crippen LogP contribution in [-0.4, -0.2) is 61.4 Å². The summed E-state index contributed by atoms with van der Waals surface area (Å²) >= 11 is 0. The van der Waals surface area contributed by atoms with E-state index in [4.69, 9.17) is 14.9 Å². The highest BCUT2D eigenvalue weighted by molar-refractivity contribution is 7.89. The molecule has 212 valence electrons. The molecule has 2 fully saturated rings. The number of nitrogens with zero attached hydrogens (tertiary/aromatic N) is 3. The summed E-state index contributed by atoms with van der Waals surface area (Å²) in [5.41, 5.74) is 3.41. The van der Waals surface area contributed by atoms with E-state index in [0.717, 1.165) is 25.2 Å². The van der Waals surface area contributed by atoms with E-state index in [9.17, 15) is 13.2 Å². The molecule has 1 saturated carbocycles. The Balaban J connectivity index is 1.47. The number of anilines is 1. The molecule has 40 heavy (non-hydrogen) atoms. The normalized spacial score (nSPS) is 18.8. The molecule has 2 atom stereocenters. The monoisotopic (exact) mass is 564 g/mol. The van der Waals surface area contributed by atoms with Crippen molar-refractivity contribution in [2.45, 2.75) is 56.6 Å². The topological polar surface area (TPSA) is 140 Å². The third kappa shape index (κ3) is 6.67. The Bertz CT molecular complexity index is 1490. The number of ether oxygens (including phenoxy) is 1. The van der Waals surface area contributed by atoms with Gasteiger partial charge in [-0.25, -0.2) is 18.5 Å². The lowest BCUT2D eigenvalue weighted by atomic mass is 10.1. The highest BCUT2D eigenvalue weighted by Gasteiger charge is 2.28. The lowest BCUT2D eigenvalue weighted by molar-refractivity contribution is 0.102. The molecule has 1 amide bonds. The van der Waals surface area contributed by atoms with E-state index in [-0.39, 0.29) is 16.2 Å². The SMILES string of the molecule is Cc1cc(O[C@H](CN2CCN[C@H](C)C2)c2ccc(C3CC3)cn2)c(S(N)(=O)=O)cc1C(=O)Nc1ncccc1C. The number of aromatic nitrogens is 2. The van der Waals surface area contributed by atoms with Gasteiger partial charge < -0.3 is 15.4 Å². The van der Waals surface area contributed by atoms with E-state index in [1.54, 1.807) is 25.3 Å². The van der Waals surface area contributed by atoms with Gasteiger partial charge in [0.2, 0.25) is 10.0 Å². The number of amides is 1. The number of aryl methyl sites for hydroxylation is 2. The molecule has 0 spiro atoms. The van der Waals surface area contributed by atoms with E-state index in [1.807, 2.05) is 25.3 Å². The molecule has 10 nitrogen and oxygen atoms in total. The number of piperazine rings is 1. The zero-order valence-corrected chi connectivity index (χ0v) is 23.9. The minimum absolute atomic E-state index is 0.0896. The van der Waals surface area contributed by atoms with E-state index < -0.39 is 22.0 Å². The molecule has 3 aromatic rings. The Kier molecular flexibility index (Phi) is 8.18. The van der Waals surface area contributed by atoms with Gasteiger partial charge in [0.25, 0.3) is 5.91 Å². The molecule has 5 rings (SSSR count). The van der Waals surface area contributed by atoms with Crippen LogP contribution in [0.25, 0.3) is 0 Å². The maximum Gasteiger partial charge on any atom is 0.257 e. The van der Waals surface area contributed by atoms with Gasteiger partial charge in [-0.1, -0.05) is 12.1 Å². The Morgan fingerprint density at radius 2 is 2.00 bits per heavy atom. The number of hydrogen-bond donors (Lipinski definition) is 3. The Hall–Kier alpha value is -3.38. The van der Waals surface area contributed by atoms with E-state index in [1.165, 1.54) is 24.5 Å². The predicted molar refractivity (Wildman–Crippen MR) is 153 cm³/mol. The molecule has 2 aromatic heterocycles. The minimum Gasteiger partial charge on any atom is -0.481 e. The first-order valence-corrected chi connectivity index (χ1v) is 15.1. The first kappa shape index (κ1) is 28.2. The zero-order valence-electron chi connectivity index (χ0n) is 23.1. The first-order valence-electron chi connectivity index (χ1n) is 13.6. The average molecular weight is 565 g/mol. The molecule has 3 heterocycles. The van der Waals surface area contributed by atoms with Gasteiger partial charge in [0.15, 0.2) is 6.10 Å². The number of pyridine rings is 2. The maximum absolute atomic E-state index is 13.2. The lowest BCUT2D eigenvalue weighted by Crippen LogP contribution is -2.50. The summed E-state index contributed by atoms with van der Waals surface area (Å²) in [6, 6.07) is 10.8. The number of carbonyl (C=O) groups excluding carboxylic acids is 1. The highest BCUT2D eigenvalue weighted by atomic mass is 32.2. The lowest BCUT2D eigenvalue weighted by Gasteiger charge is -2.34. The van der Waals surface area contributed by atoms with Crippen molar-refractivity contribution in [3.8, 4) is 5.75 Å². The number of sulfonamides is 1. The summed E-state index contributed by atoms with van der Waals surface area (Å²) in [6.45, 7) is 8.71. The number of hydrogen-bond acceptors (Lipinski definition) is 8. The van der Waals surface area contributed by atoms with Gasteiger partial charge in [-0.05, 0) is 80.5 Å². The van der Waals surface area contributed by atoms with Gasteiger partial charge in [-0.3, -0.25) is 14.7 Å². The Labute approximate surface area is 235 Å². The third-order valence-electron chi connectivity index (χ3n) is 7.42. The van der Waals surface area contributed by atoms with E-state index in [0.29, 0.717) is 35.6 Å². The first-order chi connectivity index (χ1) is 19.1. The van der Waals surface area contributed by atoms with Crippen molar-refractivity contribution >= 4 is 21.7 Å². The fraction of sp³-hybridized carbons (Fsp3) is 0.414. The number of nitrogens with one attached hydrogen (secondary N) is 2. The summed E-state index contributed by atoms with van der Waals surface area (Å²) < 4.78 is 31.9. The van der Waals surface area contributed by atoms with Gasteiger partial charge in [0.1, 0.15) is 16.5 Å². The number of primary sulfonamides is 1. The van der Waals surface area contributed by atoms with Crippen LogP contribution >= 0.6 is 0 Å². The van der Waals surface area contributed by atoms with Crippen molar-refractivity contribution in [3.63, 3.8) is 0 Å². The number of carbonyl (C=O) groups is 1. The summed E-state index contributed by atoms with van der Waals surface area (Å²) in [6.07, 6.45) is 5.27. The largest absolute Gasteiger partial charge is 0.481 e. The second kappa shape index (κ2) is 11.6. The van der Waals surface area contributed by atoms with E-state index >= 15 is 0 Å². The van der Waals surface area contributed by atoms with Crippen LogP contribution in [0, 0.1) is 13.8 Å². The molecule has 2 aliphatic rings. The van der Waals surface area contributed by atoms with Crippen molar-refractivity contribution < 1.29 is 17.9 Å². The fourth-order valence-corrected chi connectivity index (χ4v) is 5.70. The van der Waals surface area contributed by atoms with Crippen LogP contribution in [0.3, 0.4) is 0 Å². The predicted octanol–water partition coefficient (Wildman–Crippen LogP) is 3.28. The smallest absolute Gasteiger partial charge is 0.257 e. The number of nitrogens with two attached hydrogens (primary N) is 1. The molecular formula is C29H36N6O4S. The molecule has 0 radical (unpaired) electrons. The van der Waals surface area contributed by atoms with E-state index in [2.05, 4.69) is 33.5 Å². The summed E-state index contributed by atoms with van der Waals surface area (Å²) in [7, 11) is -4.23. The third-order valence-corrected chi connectivity index (χ3v) is 8.35. The van der Waals surface area contributed by atoms with Crippen LogP contribution < -0.4 is 20.5 Å². The standard InChI is InChI=1S/C29H36N6O4S/c1-18-5-4-10-32-28(18)34-29(36)23-14-27(40(30,37)38)25(13-19(23)2)39-26(17-35-12-11-31-20(3)16-35)24-9-8-22(15-33-24)21-6-7-21/h4-5,8-10,13-15,20-21,26,31H,6-7,11-12,16-17H2,1-3H3,(H2,30,37,38)(H,32,34,36)/t20-,26-/m1/s1. The second-order valence-corrected chi connectivity index (χ2v) is 12.3. The molecule has 11 heteroatoms. The van der Waals surface area contributed by atoms with Gasteiger partial charge in [-0.15, -0.1) is 0 Å². The number of benzene rings is 1. The van der Waals surface area contributed by atoms with Crippen molar-refractivity contribution in [1.29, 1.82) is 0 Å². The average Bonchev–Trinajstić information content (AvgIpc) is 3.75. The Morgan fingerprint density at radius 1 is 1.20 bits per heavy atom. The summed E-state index contributed by atoms with van der Waals surface area (Å²) in [5, 5.41) is 11.8. The quantitative estimate of drug-likeness (QED) is 0.360. The van der Waals surface area contributed by atoms with Gasteiger partial charge in [0.05, 0.1) is 5.69 Å². The molecule has 1 aliphatic carbocycles. The molecule has 0 bridgehead atoms.